The number of ether oxygens (including phenoxy) is 9. The number of rotatable bonds is 21. The number of aliphatic hydroxyl groups excluding tert-OH is 3. The van der Waals surface area contributed by atoms with E-state index in [-0.39, 0.29) is 32.0 Å². The Morgan fingerprint density at radius 3 is 2.20 bits per heavy atom. The van der Waals surface area contributed by atoms with Gasteiger partial charge in [-0.2, -0.15) is 0 Å². The molecule has 3 aromatic rings. The fourth-order valence-corrected chi connectivity index (χ4v) is 12.4. The summed E-state index contributed by atoms with van der Waals surface area (Å²) in [6, 6.07) is 9.73. The first kappa shape index (κ1) is 68.4. The van der Waals surface area contributed by atoms with E-state index >= 15 is 4.39 Å². The maximum atomic E-state index is 15.1. The lowest BCUT2D eigenvalue weighted by molar-refractivity contribution is -0.319. The number of alkyl halides is 1. The molecule has 20 atom stereocenters. The summed E-state index contributed by atoms with van der Waals surface area (Å²) in [4.78, 5) is 38.1. The van der Waals surface area contributed by atoms with E-state index in [1.807, 2.05) is 70.0 Å². The summed E-state index contributed by atoms with van der Waals surface area (Å²) in [6.45, 7) is 18.3. The third-order valence-electron chi connectivity index (χ3n) is 17.6. The van der Waals surface area contributed by atoms with Crippen LogP contribution in [0, 0.1) is 23.7 Å². The highest BCUT2D eigenvalue weighted by Crippen LogP contribution is 2.43. The fraction of sp³-hybridized carbons (Fsp3) is 0.733. The molecular formula is C60H94FN7O16. The number of esters is 1. The Kier molecular flexibility index (Phi) is 24.3. The molecule has 472 valence electrons. The summed E-state index contributed by atoms with van der Waals surface area (Å²) in [5.41, 5.74) is -1.03. The topological polar surface area (TPSA) is 279 Å². The molecule has 84 heavy (non-hydrogen) atoms. The molecule has 0 radical (unpaired) electrons. The van der Waals surface area contributed by atoms with Crippen LogP contribution in [0.3, 0.4) is 0 Å². The van der Waals surface area contributed by atoms with Gasteiger partial charge in [0.15, 0.2) is 12.6 Å². The number of hydrogen-bond acceptors (Lipinski definition) is 21. The van der Waals surface area contributed by atoms with Crippen molar-refractivity contribution < 1.29 is 81.9 Å². The first-order valence-electron chi connectivity index (χ1n) is 29.1. The van der Waals surface area contributed by atoms with Crippen LogP contribution < -0.4 is 5.32 Å². The maximum Gasteiger partial charge on any atom is 0.311 e. The molecule has 1 amide bonds. The molecule has 3 aliphatic heterocycles. The van der Waals surface area contributed by atoms with E-state index in [4.69, 9.17) is 47.5 Å². The van der Waals surface area contributed by atoms with Crippen molar-refractivity contribution in [2.24, 2.45) is 28.8 Å². The second kappa shape index (κ2) is 29.8. The minimum Gasteiger partial charge on any atom is -0.459 e. The second-order valence-corrected chi connectivity index (χ2v) is 23.9. The Hall–Kier alpha value is -4.67. The van der Waals surface area contributed by atoms with Gasteiger partial charge in [-0.1, -0.05) is 62.3 Å². The highest BCUT2D eigenvalue weighted by Gasteiger charge is 2.54. The number of carbonyl (C=O) groups excluding carboxylic acids is 2. The van der Waals surface area contributed by atoms with Gasteiger partial charge in [0.2, 0.25) is 12.7 Å². The van der Waals surface area contributed by atoms with Gasteiger partial charge in [-0.05, 0) is 91.1 Å². The van der Waals surface area contributed by atoms with Crippen molar-refractivity contribution in [1.29, 1.82) is 0 Å². The third-order valence-corrected chi connectivity index (χ3v) is 17.6. The average Bonchev–Trinajstić information content (AvgIpc) is 4.11. The maximum absolute atomic E-state index is 15.1. The summed E-state index contributed by atoms with van der Waals surface area (Å²) in [6.07, 6.45) is -6.77. The molecule has 5 heterocycles. The lowest BCUT2D eigenvalue weighted by Gasteiger charge is -2.50. The van der Waals surface area contributed by atoms with Crippen molar-refractivity contribution >= 4 is 23.4 Å². The zero-order chi connectivity index (χ0) is 62.0. The van der Waals surface area contributed by atoms with Crippen LogP contribution in [0.1, 0.15) is 125 Å². The molecule has 2 aromatic heterocycles. The Balaban J connectivity index is 1.28. The number of pyridine rings is 1. The van der Waals surface area contributed by atoms with Crippen LogP contribution in [0.15, 0.2) is 53.9 Å². The Morgan fingerprint density at radius 2 is 1.61 bits per heavy atom. The van der Waals surface area contributed by atoms with Crippen molar-refractivity contribution in [3.63, 3.8) is 0 Å². The summed E-state index contributed by atoms with van der Waals surface area (Å²) in [5.74, 6) is -3.82. The summed E-state index contributed by atoms with van der Waals surface area (Å²) in [5, 5.41) is 63.8. The zero-order valence-corrected chi connectivity index (χ0v) is 51.8. The Morgan fingerprint density at radius 1 is 0.929 bits per heavy atom. The molecule has 0 spiro atoms. The van der Waals surface area contributed by atoms with E-state index in [2.05, 4.69) is 25.8 Å². The first-order chi connectivity index (χ1) is 39.7. The smallest absolute Gasteiger partial charge is 0.311 e. The highest BCUT2D eigenvalue weighted by atomic mass is 19.1. The van der Waals surface area contributed by atoms with E-state index in [1.165, 1.54) is 47.0 Å². The van der Waals surface area contributed by atoms with Crippen LogP contribution in [0.5, 0.6) is 0 Å². The predicted molar refractivity (Wildman–Crippen MR) is 308 cm³/mol. The van der Waals surface area contributed by atoms with Crippen LogP contribution in [-0.4, -0.2) is 203 Å². The molecule has 3 aliphatic rings. The molecule has 3 saturated heterocycles. The number of amides is 1. The van der Waals surface area contributed by atoms with E-state index in [0.29, 0.717) is 36.6 Å². The van der Waals surface area contributed by atoms with Gasteiger partial charge in [0.25, 0.3) is 0 Å². The van der Waals surface area contributed by atoms with E-state index in [9.17, 15) is 30.0 Å². The molecule has 1 aromatic carbocycles. The molecule has 3 fully saturated rings. The molecule has 23 nitrogen and oxygen atoms in total. The number of cyclic esters (lactones) is 1. The van der Waals surface area contributed by atoms with E-state index in [1.54, 1.807) is 53.1 Å². The van der Waals surface area contributed by atoms with Crippen LogP contribution in [-0.2, 0) is 63.5 Å². The predicted octanol–water partition coefficient (Wildman–Crippen LogP) is 5.97. The van der Waals surface area contributed by atoms with E-state index in [0.717, 1.165) is 16.7 Å². The van der Waals surface area contributed by atoms with Gasteiger partial charge in [-0.3, -0.25) is 9.59 Å². The Bertz CT molecular complexity index is 2580. The molecule has 0 saturated carbocycles. The van der Waals surface area contributed by atoms with Crippen molar-refractivity contribution in [1.82, 2.24) is 24.9 Å². The van der Waals surface area contributed by atoms with Gasteiger partial charge < -0.3 is 78.1 Å². The van der Waals surface area contributed by atoms with Crippen LogP contribution in [0.25, 0.3) is 11.1 Å². The standard InChI is InChI=1S/C60H94FN7O16/c1-17-46-60(11,74)53(71)35(4)49(65-79-32-75-13)33(2)27-59(10,78-16)55(36(5)51(37(6)56(73)82-46)83-48-28-58(9,77-15)54(72)38(7)81-48)84-57-50(70)44(26-34(3)80-57)67(12)25-24-43-31-68(66-64-43)45(29-61)52(76-14)41-20-18-40(19-21-41)42-22-23-47(62-30-42)63-39(8)69/h18-23,30-31,33-38,44-46,48,50-55,57,70-72,74H,17,24-29,32H2,1-16H3,(H,62,63,69)/b65-49+/t33-,34-,35+,36+,37-,38+,44+,45-,46-,48+,50-,51+,52-,53-,54+,55-,57+,58-,59-,60-/m1/s1. The lowest BCUT2D eigenvalue weighted by atomic mass is 9.73. The van der Waals surface area contributed by atoms with Gasteiger partial charge >= 0.3 is 5.97 Å². The lowest BCUT2D eigenvalue weighted by Crippen LogP contribution is -2.61. The second-order valence-electron chi connectivity index (χ2n) is 23.9. The van der Waals surface area contributed by atoms with Crippen LogP contribution >= 0.6 is 0 Å². The summed E-state index contributed by atoms with van der Waals surface area (Å²) >= 11 is 0. The molecule has 0 unspecified atom stereocenters. The normalized spacial score (nSPS) is 36.0. The van der Waals surface area contributed by atoms with Crippen molar-refractivity contribution in [2.75, 3.05) is 60.8 Å². The fourth-order valence-electron chi connectivity index (χ4n) is 12.4. The van der Waals surface area contributed by atoms with Gasteiger partial charge in [0.1, 0.15) is 48.6 Å². The van der Waals surface area contributed by atoms with Gasteiger partial charge in [0, 0.05) is 96.5 Å². The minimum atomic E-state index is -1.98. The van der Waals surface area contributed by atoms with Gasteiger partial charge in [-0.25, -0.2) is 14.1 Å². The number of anilines is 1. The number of halogens is 1. The van der Waals surface area contributed by atoms with Crippen molar-refractivity contribution in [2.45, 2.75) is 205 Å². The number of benzene rings is 1. The molecule has 5 N–H and O–H groups in total. The van der Waals surface area contributed by atoms with Crippen LogP contribution in [0.4, 0.5) is 10.2 Å². The number of aromatic nitrogens is 4. The monoisotopic (exact) mass is 1190 g/mol. The Labute approximate surface area is 494 Å². The van der Waals surface area contributed by atoms with Gasteiger partial charge in [-0.15, -0.1) is 5.10 Å². The average molecular weight is 1190 g/mol. The number of likely N-dealkylation sites (N-methyl/N-ethyl adjacent to an activating group) is 1. The third kappa shape index (κ3) is 15.9. The molecular weight excluding hydrogens is 1090 g/mol. The number of oxime groups is 1. The number of methoxy groups -OCH3 is 4. The highest BCUT2D eigenvalue weighted by molar-refractivity contribution is 5.89. The van der Waals surface area contributed by atoms with Crippen molar-refractivity contribution in [3.8, 4) is 11.1 Å². The van der Waals surface area contributed by atoms with Crippen molar-refractivity contribution in [3.05, 3.63) is 60.0 Å². The molecule has 6 rings (SSSR count). The zero-order valence-electron chi connectivity index (χ0n) is 51.8. The number of aliphatic hydroxyl groups is 4. The minimum absolute atomic E-state index is 0.0756. The number of carbonyl (C=O) groups is 2. The largest absolute Gasteiger partial charge is 0.459 e. The molecule has 0 aliphatic carbocycles. The quantitative estimate of drug-likeness (QED) is 0.0355. The number of nitrogens with one attached hydrogen (secondary N) is 1. The number of nitrogens with zero attached hydrogens (tertiary/aromatic N) is 6. The molecule has 24 heteroatoms. The summed E-state index contributed by atoms with van der Waals surface area (Å²) < 4.78 is 73.1. The van der Waals surface area contributed by atoms with E-state index < -0.39 is 133 Å². The van der Waals surface area contributed by atoms with Crippen LogP contribution in [0.2, 0.25) is 0 Å². The number of hydrogen-bond donors (Lipinski definition) is 5. The van der Waals surface area contributed by atoms with Gasteiger partial charge in [0.05, 0.1) is 59.0 Å². The summed E-state index contributed by atoms with van der Waals surface area (Å²) in [7, 11) is 7.88. The molecule has 0 bridgehead atoms. The SMILES string of the molecule is CC[C@H]1OC(=O)[C@H](C)[C@@H](O[C@H]2C[C@@](C)(OC)[C@@H](O)[C@H](C)O2)[C@H](C)[C@@H](O[C@@H]2O[C@H](C)C[C@H](N(C)CCc3cn([C@H](CF)[C@H](OC)c4ccc(-c5ccc(NC(C)=O)nc5)cc4)nn3)[C@H]2O)[C@](C)(OC)C[C@@H](C)/C(=N\OCOC)[C@H](C)[C@@H](O)[C@]1(C)O. The first-order valence-corrected chi connectivity index (χ1v) is 29.1.